The Morgan fingerprint density at radius 1 is 1.00 bits per heavy atom. The van der Waals surface area contributed by atoms with Gasteiger partial charge in [0.05, 0.1) is 13.0 Å². The Kier molecular flexibility index (Phi) is 9.10. The molecule has 0 saturated carbocycles. The Morgan fingerprint density at radius 3 is 2.26 bits per heavy atom. The highest BCUT2D eigenvalue weighted by molar-refractivity contribution is 5.95. The third kappa shape index (κ3) is 7.02. The van der Waals surface area contributed by atoms with Gasteiger partial charge in [0.15, 0.2) is 0 Å². The van der Waals surface area contributed by atoms with Crippen molar-refractivity contribution < 1.29 is 34.2 Å². The van der Waals surface area contributed by atoms with Crippen LogP contribution < -0.4 is 27.4 Å². The highest BCUT2D eigenvalue weighted by Gasteiger charge is 2.30. The van der Waals surface area contributed by atoms with E-state index in [0.29, 0.717) is 5.56 Å². The van der Waals surface area contributed by atoms with Gasteiger partial charge in [0.1, 0.15) is 24.2 Å². The molecule has 1 heterocycles. The molecule has 10 N–H and O–H groups in total. The number of nitrogens with two attached hydrogens (primary N) is 2. The fourth-order valence-corrected chi connectivity index (χ4v) is 3.17. The quantitative estimate of drug-likeness (QED) is 0.162. The van der Waals surface area contributed by atoms with E-state index in [9.17, 15) is 29.1 Å². The number of hydrogen-bond donors (Lipinski definition) is 8. The third-order valence-corrected chi connectivity index (χ3v) is 5.04. The largest absolute Gasteiger partial charge is 0.480 e. The van der Waals surface area contributed by atoms with Crippen LogP contribution in [-0.4, -0.2) is 75.6 Å². The molecule has 184 valence electrons. The number of nitrogens with one attached hydrogen (secondary N) is 4. The van der Waals surface area contributed by atoms with E-state index in [1.54, 1.807) is 12.3 Å². The van der Waals surface area contributed by atoms with Crippen LogP contribution in [0.2, 0.25) is 0 Å². The number of aliphatic hydroxyl groups excluding tert-OH is 1. The molecule has 0 aliphatic rings. The number of para-hydroxylation sites is 1. The SMILES string of the molecule is CC(NC(=O)C(N)CO)C(=O)NC(Cc1c[nH]c2ccccc12)C(=O)NC(CC(N)=O)C(=O)O. The lowest BCUT2D eigenvalue weighted by molar-refractivity contribution is -0.143. The first kappa shape index (κ1) is 26.3. The van der Waals surface area contributed by atoms with E-state index in [0.717, 1.165) is 10.9 Å². The van der Waals surface area contributed by atoms with E-state index in [-0.39, 0.29) is 6.42 Å². The van der Waals surface area contributed by atoms with Crippen molar-refractivity contribution in [1.29, 1.82) is 0 Å². The average Bonchev–Trinajstić information content (AvgIpc) is 3.19. The molecule has 2 rings (SSSR count). The Bertz CT molecular complexity index is 1070. The van der Waals surface area contributed by atoms with Crippen molar-refractivity contribution in [3.05, 3.63) is 36.0 Å². The van der Waals surface area contributed by atoms with Crippen LogP contribution in [0.5, 0.6) is 0 Å². The molecule has 4 atom stereocenters. The number of carboxylic acids is 1. The zero-order valence-corrected chi connectivity index (χ0v) is 18.4. The second-order valence-electron chi connectivity index (χ2n) is 7.71. The maximum absolute atomic E-state index is 12.9. The molecule has 0 bridgehead atoms. The normalized spacial score (nSPS) is 14.4. The van der Waals surface area contributed by atoms with Crippen LogP contribution in [0.3, 0.4) is 0 Å². The van der Waals surface area contributed by atoms with Gasteiger partial charge in [-0.2, -0.15) is 0 Å². The van der Waals surface area contributed by atoms with Crippen molar-refractivity contribution in [2.75, 3.05) is 6.61 Å². The number of carbonyl (C=O) groups excluding carboxylic acids is 4. The first-order chi connectivity index (χ1) is 16.0. The Balaban J connectivity index is 2.24. The lowest BCUT2D eigenvalue weighted by Crippen LogP contribution is -2.57. The molecular formula is C21H28N6O7. The summed E-state index contributed by atoms with van der Waals surface area (Å²) in [5.74, 6) is -4.78. The summed E-state index contributed by atoms with van der Waals surface area (Å²) in [6.45, 7) is 0.729. The van der Waals surface area contributed by atoms with Crippen LogP contribution in [-0.2, 0) is 30.4 Å². The second-order valence-corrected chi connectivity index (χ2v) is 7.71. The minimum atomic E-state index is -1.59. The molecule has 13 nitrogen and oxygen atoms in total. The summed E-state index contributed by atoms with van der Waals surface area (Å²) in [5.41, 5.74) is 11.9. The maximum atomic E-state index is 12.9. The number of aromatic nitrogens is 1. The molecule has 1 aromatic carbocycles. The van der Waals surface area contributed by atoms with Gasteiger partial charge >= 0.3 is 5.97 Å². The van der Waals surface area contributed by atoms with Gasteiger partial charge in [-0.15, -0.1) is 0 Å². The van der Waals surface area contributed by atoms with Crippen molar-refractivity contribution in [3.63, 3.8) is 0 Å². The Morgan fingerprint density at radius 2 is 1.65 bits per heavy atom. The summed E-state index contributed by atoms with van der Waals surface area (Å²) in [6.07, 6.45) is 0.988. The molecule has 0 fully saturated rings. The van der Waals surface area contributed by atoms with E-state index in [2.05, 4.69) is 20.9 Å². The number of carboxylic acid groups (broad SMARTS) is 1. The highest BCUT2D eigenvalue weighted by Crippen LogP contribution is 2.19. The molecule has 4 unspecified atom stereocenters. The maximum Gasteiger partial charge on any atom is 0.326 e. The van der Waals surface area contributed by atoms with Crippen LogP contribution in [0, 0.1) is 0 Å². The Hall–Kier alpha value is -3.97. The van der Waals surface area contributed by atoms with Gasteiger partial charge in [0, 0.05) is 23.5 Å². The zero-order valence-electron chi connectivity index (χ0n) is 18.4. The minimum Gasteiger partial charge on any atom is -0.480 e. The van der Waals surface area contributed by atoms with Gasteiger partial charge in [0.2, 0.25) is 23.6 Å². The van der Waals surface area contributed by atoms with E-state index in [4.69, 9.17) is 16.6 Å². The first-order valence-corrected chi connectivity index (χ1v) is 10.4. The van der Waals surface area contributed by atoms with Gasteiger partial charge < -0.3 is 42.6 Å². The van der Waals surface area contributed by atoms with Crippen molar-refractivity contribution in [2.45, 2.75) is 43.9 Å². The van der Waals surface area contributed by atoms with Crippen molar-refractivity contribution in [3.8, 4) is 0 Å². The fraction of sp³-hybridized carbons (Fsp3) is 0.381. The van der Waals surface area contributed by atoms with Gasteiger partial charge in [-0.05, 0) is 18.6 Å². The van der Waals surface area contributed by atoms with Gasteiger partial charge in [0.25, 0.3) is 0 Å². The van der Waals surface area contributed by atoms with Crippen LogP contribution in [0.15, 0.2) is 30.5 Å². The monoisotopic (exact) mass is 476 g/mol. The van der Waals surface area contributed by atoms with Gasteiger partial charge in [-0.3, -0.25) is 19.2 Å². The number of aromatic amines is 1. The minimum absolute atomic E-state index is 0.0265. The fourth-order valence-electron chi connectivity index (χ4n) is 3.17. The van der Waals surface area contributed by atoms with Crippen LogP contribution in [0.25, 0.3) is 10.9 Å². The smallest absolute Gasteiger partial charge is 0.326 e. The second kappa shape index (κ2) is 11.8. The number of hydrogen-bond acceptors (Lipinski definition) is 7. The van der Waals surface area contributed by atoms with E-state index in [1.165, 1.54) is 6.92 Å². The number of H-pyrrole nitrogens is 1. The highest BCUT2D eigenvalue weighted by atomic mass is 16.4. The third-order valence-electron chi connectivity index (χ3n) is 5.04. The Labute approximate surface area is 194 Å². The zero-order chi connectivity index (χ0) is 25.4. The number of benzene rings is 1. The molecule has 2 aromatic rings. The van der Waals surface area contributed by atoms with Crippen molar-refractivity contribution in [2.24, 2.45) is 11.5 Å². The van der Waals surface area contributed by atoms with E-state index in [1.807, 2.05) is 18.2 Å². The molecule has 13 heteroatoms. The summed E-state index contributed by atoms with van der Waals surface area (Å²) in [4.78, 5) is 63.2. The number of amides is 4. The predicted molar refractivity (Wildman–Crippen MR) is 120 cm³/mol. The lowest BCUT2D eigenvalue weighted by Gasteiger charge is -2.23. The van der Waals surface area contributed by atoms with Gasteiger partial charge in [-0.25, -0.2) is 4.79 Å². The molecule has 34 heavy (non-hydrogen) atoms. The molecule has 0 radical (unpaired) electrons. The molecule has 4 amide bonds. The summed E-state index contributed by atoms with van der Waals surface area (Å²) in [7, 11) is 0. The number of aliphatic carboxylic acids is 1. The molecule has 0 aliphatic heterocycles. The molecular weight excluding hydrogens is 448 g/mol. The van der Waals surface area contributed by atoms with Crippen molar-refractivity contribution >= 4 is 40.5 Å². The molecule has 0 aliphatic carbocycles. The standard InChI is InChI=1S/C21H28N6O7/c1-10(25-19(31)13(22)9-28)18(30)26-15(20(32)27-16(21(33)34)7-17(23)29)6-11-8-24-14-5-3-2-4-12(11)14/h2-5,8,10,13,15-16,24,28H,6-7,9,22H2,1H3,(H2,23,29)(H,25,31)(H,26,30)(H,27,32)(H,33,34). The summed E-state index contributed by atoms with van der Waals surface area (Å²) in [5, 5.41) is 26.1. The van der Waals surface area contributed by atoms with Crippen LogP contribution in [0.1, 0.15) is 18.9 Å². The van der Waals surface area contributed by atoms with Crippen LogP contribution in [0.4, 0.5) is 0 Å². The van der Waals surface area contributed by atoms with E-state index >= 15 is 0 Å². The number of aliphatic hydroxyl groups is 1. The lowest BCUT2D eigenvalue weighted by atomic mass is 10.0. The molecule has 1 aromatic heterocycles. The average molecular weight is 476 g/mol. The first-order valence-electron chi connectivity index (χ1n) is 10.4. The molecule has 0 spiro atoms. The van der Waals surface area contributed by atoms with Crippen LogP contribution >= 0.6 is 0 Å². The van der Waals surface area contributed by atoms with E-state index < -0.39 is 66.8 Å². The summed E-state index contributed by atoms with van der Waals surface area (Å²) >= 11 is 0. The van der Waals surface area contributed by atoms with Gasteiger partial charge in [-0.1, -0.05) is 18.2 Å². The number of carbonyl (C=O) groups is 5. The summed E-state index contributed by atoms with van der Waals surface area (Å²) < 4.78 is 0. The number of rotatable bonds is 12. The number of fused-ring (bicyclic) bond motifs is 1. The predicted octanol–water partition coefficient (Wildman–Crippen LogP) is -2.54. The topological polar surface area (TPSA) is 230 Å². The summed E-state index contributed by atoms with van der Waals surface area (Å²) in [6, 6.07) is 2.04. The van der Waals surface area contributed by atoms with Crippen molar-refractivity contribution in [1.82, 2.24) is 20.9 Å². The number of primary amides is 1. The molecule has 0 saturated heterocycles.